The van der Waals surface area contributed by atoms with E-state index in [9.17, 15) is 4.79 Å². The van der Waals surface area contributed by atoms with Crippen LogP contribution in [-0.4, -0.2) is 24.5 Å². The van der Waals surface area contributed by atoms with Gasteiger partial charge in [0.05, 0.1) is 17.9 Å². The Bertz CT molecular complexity index is 430. The van der Waals surface area contributed by atoms with E-state index < -0.39 is 0 Å². The lowest BCUT2D eigenvalue weighted by atomic mass is 9.99. The second-order valence-corrected chi connectivity index (χ2v) is 4.95. The Morgan fingerprint density at radius 1 is 1.53 bits per heavy atom. The first-order valence-corrected chi connectivity index (χ1v) is 5.63. The summed E-state index contributed by atoms with van der Waals surface area (Å²) in [5.41, 5.74) is 4.19. The van der Waals surface area contributed by atoms with Crippen LogP contribution in [0.2, 0.25) is 0 Å². The van der Waals surface area contributed by atoms with Crippen molar-refractivity contribution in [3.8, 4) is 0 Å². The van der Waals surface area contributed by atoms with Crippen molar-refractivity contribution in [3.63, 3.8) is 0 Å². The second-order valence-electron chi connectivity index (χ2n) is 4.95. The number of nitrogens with one attached hydrogen (secondary N) is 2. The number of carbonyl (C=O) groups is 1. The van der Waals surface area contributed by atoms with Gasteiger partial charge in [0.15, 0.2) is 0 Å². The summed E-state index contributed by atoms with van der Waals surface area (Å²) in [7, 11) is 0. The molecule has 5 heteroatoms. The molecule has 1 heterocycles. The van der Waals surface area contributed by atoms with Crippen LogP contribution in [0.5, 0.6) is 0 Å². The fraction of sp³-hybridized carbons (Fsp3) is 0.417. The molecule has 0 aromatic heterocycles. The van der Waals surface area contributed by atoms with E-state index in [2.05, 4.69) is 24.6 Å². The number of nitrogens with two attached hydrogens (primary N) is 1. The average Bonchev–Trinajstić information content (AvgIpc) is 2.27. The highest BCUT2D eigenvalue weighted by Crippen LogP contribution is 2.33. The standard InChI is InChI=1S/C12H18N4O/c1-12(2)8-16(7-11(17)15-13)10-6-4-3-5-9(10)14-12/h3-6,14H,7-8,13H2,1-2H3,(H,15,17). The summed E-state index contributed by atoms with van der Waals surface area (Å²) in [6.07, 6.45) is 0. The van der Waals surface area contributed by atoms with Crippen molar-refractivity contribution in [2.45, 2.75) is 19.4 Å². The Morgan fingerprint density at radius 2 is 2.24 bits per heavy atom. The molecule has 0 fully saturated rings. The van der Waals surface area contributed by atoms with E-state index in [4.69, 9.17) is 5.84 Å². The molecule has 1 aromatic carbocycles. The highest BCUT2D eigenvalue weighted by molar-refractivity contribution is 5.84. The molecule has 0 unspecified atom stereocenters. The number of benzene rings is 1. The molecule has 2 rings (SSSR count). The first-order chi connectivity index (χ1) is 8.02. The molecule has 0 saturated heterocycles. The summed E-state index contributed by atoms with van der Waals surface area (Å²) >= 11 is 0. The number of anilines is 2. The first kappa shape index (κ1) is 11.7. The van der Waals surface area contributed by atoms with E-state index in [1.807, 2.05) is 29.2 Å². The maximum Gasteiger partial charge on any atom is 0.253 e. The van der Waals surface area contributed by atoms with Gasteiger partial charge in [0.25, 0.3) is 5.91 Å². The Labute approximate surface area is 101 Å². The van der Waals surface area contributed by atoms with Crippen LogP contribution in [0.1, 0.15) is 13.8 Å². The van der Waals surface area contributed by atoms with Gasteiger partial charge in [-0.05, 0) is 26.0 Å². The lowest BCUT2D eigenvalue weighted by Crippen LogP contribution is -2.51. The van der Waals surface area contributed by atoms with E-state index in [1.165, 1.54) is 0 Å². The molecule has 17 heavy (non-hydrogen) atoms. The molecular formula is C12H18N4O. The van der Waals surface area contributed by atoms with Crippen LogP contribution < -0.4 is 21.5 Å². The molecule has 1 aliphatic heterocycles. The van der Waals surface area contributed by atoms with Crippen LogP contribution in [0.4, 0.5) is 11.4 Å². The van der Waals surface area contributed by atoms with Gasteiger partial charge in [-0.1, -0.05) is 12.1 Å². The number of amides is 1. The summed E-state index contributed by atoms with van der Waals surface area (Å²) in [4.78, 5) is 13.4. The lowest BCUT2D eigenvalue weighted by Gasteiger charge is -2.41. The lowest BCUT2D eigenvalue weighted by molar-refractivity contribution is -0.119. The zero-order chi connectivity index (χ0) is 12.5. The fourth-order valence-corrected chi connectivity index (χ4v) is 2.18. The average molecular weight is 234 g/mol. The number of hydrazine groups is 1. The van der Waals surface area contributed by atoms with Gasteiger partial charge in [-0.2, -0.15) is 0 Å². The number of hydrogen-bond donors (Lipinski definition) is 3. The van der Waals surface area contributed by atoms with E-state index in [1.54, 1.807) is 0 Å². The number of rotatable bonds is 2. The molecule has 0 saturated carbocycles. The highest BCUT2D eigenvalue weighted by Gasteiger charge is 2.29. The highest BCUT2D eigenvalue weighted by atomic mass is 16.2. The van der Waals surface area contributed by atoms with Crippen molar-refractivity contribution in [1.82, 2.24) is 5.43 Å². The van der Waals surface area contributed by atoms with E-state index in [0.29, 0.717) is 0 Å². The maximum absolute atomic E-state index is 11.4. The number of nitrogens with zero attached hydrogens (tertiary/aromatic N) is 1. The van der Waals surface area contributed by atoms with Gasteiger partial charge in [0, 0.05) is 12.1 Å². The topological polar surface area (TPSA) is 70.4 Å². The van der Waals surface area contributed by atoms with Crippen molar-refractivity contribution in [2.75, 3.05) is 23.3 Å². The molecule has 0 spiro atoms. The summed E-state index contributed by atoms with van der Waals surface area (Å²) in [5.74, 6) is 4.95. The van der Waals surface area contributed by atoms with E-state index >= 15 is 0 Å². The van der Waals surface area contributed by atoms with Gasteiger partial charge in [0.2, 0.25) is 0 Å². The molecule has 0 aliphatic carbocycles. The largest absolute Gasteiger partial charge is 0.377 e. The van der Waals surface area contributed by atoms with Crippen LogP contribution in [0, 0.1) is 0 Å². The number of fused-ring (bicyclic) bond motifs is 1. The van der Waals surface area contributed by atoms with Crippen molar-refractivity contribution < 1.29 is 4.79 Å². The first-order valence-electron chi connectivity index (χ1n) is 5.63. The van der Waals surface area contributed by atoms with Crippen molar-refractivity contribution in [2.24, 2.45) is 5.84 Å². The minimum atomic E-state index is -0.183. The number of para-hydroxylation sites is 2. The summed E-state index contributed by atoms with van der Waals surface area (Å²) < 4.78 is 0. The molecule has 1 aliphatic rings. The fourth-order valence-electron chi connectivity index (χ4n) is 2.18. The zero-order valence-electron chi connectivity index (χ0n) is 10.2. The third-order valence-electron chi connectivity index (χ3n) is 2.80. The molecule has 1 aromatic rings. The van der Waals surface area contributed by atoms with Gasteiger partial charge in [-0.25, -0.2) is 5.84 Å². The van der Waals surface area contributed by atoms with Crippen LogP contribution in [0.15, 0.2) is 24.3 Å². The van der Waals surface area contributed by atoms with Crippen LogP contribution in [0.25, 0.3) is 0 Å². The Balaban J connectivity index is 2.29. The summed E-state index contributed by atoms with van der Waals surface area (Å²) in [6, 6.07) is 7.96. The van der Waals surface area contributed by atoms with E-state index in [-0.39, 0.29) is 18.0 Å². The van der Waals surface area contributed by atoms with Crippen molar-refractivity contribution in [3.05, 3.63) is 24.3 Å². The van der Waals surface area contributed by atoms with Gasteiger partial charge in [-0.15, -0.1) is 0 Å². The van der Waals surface area contributed by atoms with E-state index in [0.717, 1.165) is 17.9 Å². The number of carbonyl (C=O) groups excluding carboxylic acids is 1. The predicted octanol–water partition coefficient (Wildman–Crippen LogP) is 0.687. The Hall–Kier alpha value is -1.75. The van der Waals surface area contributed by atoms with Crippen molar-refractivity contribution >= 4 is 17.3 Å². The molecule has 4 N–H and O–H groups in total. The molecule has 0 radical (unpaired) electrons. The number of hydrogen-bond acceptors (Lipinski definition) is 4. The molecule has 0 atom stereocenters. The van der Waals surface area contributed by atoms with Gasteiger partial charge >= 0.3 is 0 Å². The van der Waals surface area contributed by atoms with Crippen LogP contribution >= 0.6 is 0 Å². The minimum Gasteiger partial charge on any atom is -0.377 e. The zero-order valence-corrected chi connectivity index (χ0v) is 10.2. The molecular weight excluding hydrogens is 216 g/mol. The Morgan fingerprint density at radius 3 is 2.94 bits per heavy atom. The van der Waals surface area contributed by atoms with Crippen molar-refractivity contribution in [1.29, 1.82) is 0 Å². The minimum absolute atomic E-state index is 0.0662. The second kappa shape index (κ2) is 4.25. The summed E-state index contributed by atoms with van der Waals surface area (Å²) in [6.45, 7) is 5.25. The third kappa shape index (κ3) is 2.50. The molecule has 0 bridgehead atoms. The molecule has 1 amide bonds. The quantitative estimate of drug-likeness (QED) is 0.400. The van der Waals surface area contributed by atoms with Gasteiger partial charge < -0.3 is 10.2 Å². The maximum atomic E-state index is 11.4. The summed E-state index contributed by atoms with van der Waals surface area (Å²) in [5, 5.41) is 3.45. The van der Waals surface area contributed by atoms with Crippen LogP contribution in [0.3, 0.4) is 0 Å². The van der Waals surface area contributed by atoms with Gasteiger partial charge in [0.1, 0.15) is 0 Å². The predicted molar refractivity (Wildman–Crippen MR) is 68.7 cm³/mol. The molecule has 92 valence electrons. The SMILES string of the molecule is CC1(C)CN(CC(=O)NN)c2ccccc2N1. The van der Waals surface area contributed by atoms with Gasteiger partial charge in [-0.3, -0.25) is 10.2 Å². The Kier molecular flexibility index (Phi) is 2.93. The smallest absolute Gasteiger partial charge is 0.253 e. The third-order valence-corrected chi connectivity index (χ3v) is 2.80. The monoisotopic (exact) mass is 234 g/mol. The van der Waals surface area contributed by atoms with Crippen LogP contribution in [-0.2, 0) is 4.79 Å². The normalized spacial score (nSPS) is 17.0. The molecule has 5 nitrogen and oxygen atoms in total.